The van der Waals surface area contributed by atoms with Gasteiger partial charge in [0, 0.05) is 16.7 Å². The Bertz CT molecular complexity index is 876. The number of carbonyl (C=O) groups is 3. The normalized spacial score (nSPS) is 10.8. The summed E-state index contributed by atoms with van der Waals surface area (Å²) >= 11 is 3.36. The molecule has 0 aliphatic heterocycles. The summed E-state index contributed by atoms with van der Waals surface area (Å²) in [4.78, 5) is 35.7. The first-order chi connectivity index (χ1) is 13.6. The number of nitrogens with one attached hydrogen (secondary N) is 3. The Morgan fingerprint density at radius 1 is 0.966 bits per heavy atom. The lowest BCUT2D eigenvalue weighted by Crippen LogP contribution is -2.37. The Kier molecular flexibility index (Phi) is 7.78. The Balaban J connectivity index is 1.79. The largest absolute Gasteiger partial charge is 0.444 e. The Morgan fingerprint density at radius 2 is 1.62 bits per heavy atom. The third-order valence-corrected chi connectivity index (χ3v) is 4.29. The molecule has 2 aromatic carbocycles. The van der Waals surface area contributed by atoms with Gasteiger partial charge in [0.1, 0.15) is 12.1 Å². The molecule has 0 spiro atoms. The van der Waals surface area contributed by atoms with Crippen LogP contribution in [0, 0.1) is 0 Å². The van der Waals surface area contributed by atoms with E-state index in [0.717, 1.165) is 10.0 Å². The predicted molar refractivity (Wildman–Crippen MR) is 115 cm³/mol. The van der Waals surface area contributed by atoms with Crippen LogP contribution in [0.15, 0.2) is 53.0 Å². The van der Waals surface area contributed by atoms with Crippen LogP contribution in [0.5, 0.6) is 0 Å². The first kappa shape index (κ1) is 22.4. The van der Waals surface area contributed by atoms with E-state index in [1.54, 1.807) is 57.2 Å². The van der Waals surface area contributed by atoms with Crippen LogP contribution in [0.2, 0.25) is 0 Å². The van der Waals surface area contributed by atoms with Gasteiger partial charge in [-0.3, -0.25) is 9.59 Å². The zero-order chi connectivity index (χ0) is 21.4. The second-order valence-electron chi connectivity index (χ2n) is 7.26. The molecule has 2 aromatic rings. The molecule has 0 fully saturated rings. The molecule has 0 heterocycles. The van der Waals surface area contributed by atoms with Crippen molar-refractivity contribution < 1.29 is 19.1 Å². The fourth-order valence-corrected chi connectivity index (χ4v) is 2.77. The smallest absolute Gasteiger partial charge is 0.408 e. The number of halogens is 1. The van der Waals surface area contributed by atoms with Crippen molar-refractivity contribution in [3.05, 3.63) is 64.1 Å². The fraction of sp³-hybridized carbons (Fsp3) is 0.286. The molecule has 8 heteroatoms. The van der Waals surface area contributed by atoms with Crippen LogP contribution >= 0.6 is 15.9 Å². The van der Waals surface area contributed by atoms with Gasteiger partial charge in [0.2, 0.25) is 5.91 Å². The highest BCUT2D eigenvalue weighted by atomic mass is 79.9. The number of ether oxygens (including phenoxy) is 1. The van der Waals surface area contributed by atoms with Crippen LogP contribution in [0.3, 0.4) is 0 Å². The Labute approximate surface area is 178 Å². The number of carbonyl (C=O) groups excluding carboxylic acids is 3. The van der Waals surface area contributed by atoms with Crippen molar-refractivity contribution in [3.63, 3.8) is 0 Å². The van der Waals surface area contributed by atoms with Crippen LogP contribution < -0.4 is 16.0 Å². The van der Waals surface area contributed by atoms with Crippen molar-refractivity contribution in [2.24, 2.45) is 0 Å². The van der Waals surface area contributed by atoms with Crippen molar-refractivity contribution in [1.82, 2.24) is 10.6 Å². The maximum atomic E-state index is 12.2. The Morgan fingerprint density at radius 3 is 2.24 bits per heavy atom. The van der Waals surface area contributed by atoms with Crippen LogP contribution in [0.4, 0.5) is 10.5 Å². The summed E-state index contributed by atoms with van der Waals surface area (Å²) in [6, 6.07) is 14.3. The maximum absolute atomic E-state index is 12.2. The SMILES string of the molecule is CC(C)(C)OC(=O)NCC(=O)Nc1ccc(CNC(=O)c2ccccc2Br)cc1. The van der Waals surface area contributed by atoms with Crippen molar-refractivity contribution in [2.45, 2.75) is 32.9 Å². The van der Waals surface area contributed by atoms with E-state index in [9.17, 15) is 14.4 Å². The highest BCUT2D eigenvalue weighted by molar-refractivity contribution is 9.10. The molecule has 154 valence electrons. The second kappa shape index (κ2) is 10.1. The molecule has 3 N–H and O–H groups in total. The Hall–Kier alpha value is -2.87. The number of benzene rings is 2. The molecule has 0 saturated heterocycles. The third kappa shape index (κ3) is 7.95. The minimum atomic E-state index is -0.649. The average Bonchev–Trinajstić information content (AvgIpc) is 2.64. The lowest BCUT2D eigenvalue weighted by molar-refractivity contribution is -0.115. The molecular weight excluding hydrogens is 438 g/mol. The van der Waals surface area contributed by atoms with E-state index in [2.05, 4.69) is 31.9 Å². The molecular formula is C21H24BrN3O4. The molecule has 29 heavy (non-hydrogen) atoms. The van der Waals surface area contributed by atoms with Gasteiger partial charge in [0.05, 0.1) is 5.56 Å². The summed E-state index contributed by atoms with van der Waals surface area (Å²) in [6.45, 7) is 5.40. The summed E-state index contributed by atoms with van der Waals surface area (Å²) in [5.41, 5.74) is 1.41. The number of rotatable bonds is 6. The summed E-state index contributed by atoms with van der Waals surface area (Å²) in [7, 11) is 0. The zero-order valence-corrected chi connectivity index (χ0v) is 18.1. The van der Waals surface area contributed by atoms with Crippen molar-refractivity contribution >= 4 is 39.5 Å². The molecule has 0 unspecified atom stereocenters. The molecule has 0 aromatic heterocycles. The van der Waals surface area contributed by atoms with Crippen LogP contribution in [0.1, 0.15) is 36.7 Å². The minimum Gasteiger partial charge on any atom is -0.444 e. The highest BCUT2D eigenvalue weighted by Gasteiger charge is 2.16. The molecule has 0 aliphatic carbocycles. The molecule has 0 radical (unpaired) electrons. The second-order valence-corrected chi connectivity index (χ2v) is 8.12. The van der Waals surface area contributed by atoms with Gasteiger partial charge < -0.3 is 20.7 Å². The topological polar surface area (TPSA) is 96.5 Å². The van der Waals surface area contributed by atoms with Crippen molar-refractivity contribution in [3.8, 4) is 0 Å². The number of hydrogen-bond acceptors (Lipinski definition) is 4. The molecule has 3 amide bonds. The maximum Gasteiger partial charge on any atom is 0.408 e. The monoisotopic (exact) mass is 461 g/mol. The molecule has 2 rings (SSSR count). The first-order valence-electron chi connectivity index (χ1n) is 9.02. The van der Waals surface area contributed by atoms with Crippen LogP contribution in [-0.2, 0) is 16.1 Å². The molecule has 0 bridgehead atoms. The number of amides is 3. The van der Waals surface area contributed by atoms with Gasteiger partial charge in [-0.1, -0.05) is 24.3 Å². The molecule has 0 atom stereocenters. The summed E-state index contributed by atoms with van der Waals surface area (Å²) < 4.78 is 5.80. The van der Waals surface area contributed by atoms with Gasteiger partial charge in [-0.25, -0.2) is 4.79 Å². The van der Waals surface area contributed by atoms with Crippen LogP contribution in [-0.4, -0.2) is 30.1 Å². The summed E-state index contributed by atoms with van der Waals surface area (Å²) in [5, 5.41) is 7.93. The van der Waals surface area contributed by atoms with E-state index >= 15 is 0 Å². The number of hydrogen-bond donors (Lipinski definition) is 3. The van der Waals surface area contributed by atoms with Gasteiger partial charge in [-0.05, 0) is 66.5 Å². The molecule has 7 nitrogen and oxygen atoms in total. The van der Waals surface area contributed by atoms with Crippen LogP contribution in [0.25, 0.3) is 0 Å². The number of anilines is 1. The van der Waals surface area contributed by atoms with E-state index in [1.165, 1.54) is 0 Å². The van der Waals surface area contributed by atoms with Crippen molar-refractivity contribution in [2.75, 3.05) is 11.9 Å². The molecule has 0 saturated carbocycles. The zero-order valence-electron chi connectivity index (χ0n) is 16.5. The van der Waals surface area contributed by atoms with Gasteiger partial charge in [0.15, 0.2) is 0 Å². The fourth-order valence-electron chi connectivity index (χ4n) is 2.30. The summed E-state index contributed by atoms with van der Waals surface area (Å²) in [6.07, 6.45) is -0.649. The van der Waals surface area contributed by atoms with Gasteiger partial charge >= 0.3 is 6.09 Å². The average molecular weight is 462 g/mol. The first-order valence-corrected chi connectivity index (χ1v) is 9.82. The lowest BCUT2D eigenvalue weighted by Gasteiger charge is -2.19. The summed E-state index contributed by atoms with van der Waals surface area (Å²) in [5.74, 6) is -0.547. The lowest BCUT2D eigenvalue weighted by atomic mass is 10.2. The molecule has 0 aliphatic rings. The third-order valence-electron chi connectivity index (χ3n) is 3.60. The van der Waals surface area contributed by atoms with Crippen molar-refractivity contribution in [1.29, 1.82) is 0 Å². The van der Waals surface area contributed by atoms with E-state index in [1.807, 2.05) is 12.1 Å². The van der Waals surface area contributed by atoms with E-state index in [0.29, 0.717) is 17.8 Å². The quantitative estimate of drug-likeness (QED) is 0.608. The highest BCUT2D eigenvalue weighted by Crippen LogP contribution is 2.16. The van der Waals surface area contributed by atoms with E-state index in [4.69, 9.17) is 4.74 Å². The number of alkyl carbamates (subject to hydrolysis) is 1. The van der Waals surface area contributed by atoms with Gasteiger partial charge in [-0.2, -0.15) is 0 Å². The minimum absolute atomic E-state index is 0.178. The van der Waals surface area contributed by atoms with E-state index in [-0.39, 0.29) is 18.4 Å². The van der Waals surface area contributed by atoms with Gasteiger partial charge in [0.25, 0.3) is 5.91 Å². The van der Waals surface area contributed by atoms with Gasteiger partial charge in [-0.15, -0.1) is 0 Å². The standard InChI is InChI=1S/C21H24BrN3O4/c1-21(2,3)29-20(28)24-13-18(26)25-15-10-8-14(9-11-15)12-23-19(27)16-6-4-5-7-17(16)22/h4-11H,12-13H2,1-3H3,(H,23,27)(H,24,28)(H,25,26). The predicted octanol–water partition coefficient (Wildman–Crippen LogP) is 3.84. The van der Waals surface area contributed by atoms with E-state index < -0.39 is 11.7 Å².